The summed E-state index contributed by atoms with van der Waals surface area (Å²) in [5.74, 6) is 0.901. The molecule has 0 saturated heterocycles. The van der Waals surface area contributed by atoms with Gasteiger partial charge in [-0.2, -0.15) is 0 Å². The second kappa shape index (κ2) is 7.43. The van der Waals surface area contributed by atoms with E-state index in [1.165, 1.54) is 19.3 Å². The Bertz CT molecular complexity index is 486. The number of methoxy groups -OCH3 is 1. The highest BCUT2D eigenvalue weighted by molar-refractivity contribution is 5.95. The molecule has 0 bridgehead atoms. The molecule has 5 nitrogen and oxygen atoms in total. The summed E-state index contributed by atoms with van der Waals surface area (Å²) >= 11 is 0. The Hall–Kier alpha value is -1.59. The molecule has 1 aromatic carbocycles. The maximum absolute atomic E-state index is 9.08. The highest BCUT2D eigenvalue weighted by Crippen LogP contribution is 2.29. The smallest absolute Gasteiger partial charge is 0.123 e. The number of amidine groups is 1. The molecular weight excluding hydrogens is 266 g/mol. The maximum atomic E-state index is 9.08. The van der Waals surface area contributed by atoms with Crippen LogP contribution in [0.25, 0.3) is 0 Å². The summed E-state index contributed by atoms with van der Waals surface area (Å²) in [4.78, 5) is 2.40. The second-order valence-electron chi connectivity index (χ2n) is 5.57. The molecule has 1 saturated carbocycles. The van der Waals surface area contributed by atoms with Gasteiger partial charge >= 0.3 is 0 Å². The largest absolute Gasteiger partial charge is 0.496 e. The van der Waals surface area contributed by atoms with E-state index in [9.17, 15) is 0 Å². The summed E-state index contributed by atoms with van der Waals surface area (Å²) in [6, 6.07) is 6.22. The first-order valence-electron chi connectivity index (χ1n) is 7.52. The van der Waals surface area contributed by atoms with Crippen LogP contribution in [-0.2, 0) is 6.54 Å². The van der Waals surface area contributed by atoms with Gasteiger partial charge in [-0.1, -0.05) is 6.42 Å². The Morgan fingerprint density at radius 1 is 1.48 bits per heavy atom. The second-order valence-corrected chi connectivity index (χ2v) is 5.57. The molecule has 1 fully saturated rings. The predicted molar refractivity (Wildman–Crippen MR) is 83.8 cm³/mol. The minimum Gasteiger partial charge on any atom is -0.496 e. The van der Waals surface area contributed by atoms with Crippen LogP contribution in [0.4, 0.5) is 0 Å². The van der Waals surface area contributed by atoms with E-state index in [4.69, 9.17) is 21.0 Å². The van der Waals surface area contributed by atoms with Crippen molar-refractivity contribution in [3.8, 4) is 5.75 Å². The SMILES string of the molecule is COc1ccc(C(=N)N)cc1CN(CCCO)C1CCC1. The van der Waals surface area contributed by atoms with Gasteiger partial charge in [0, 0.05) is 36.9 Å². The van der Waals surface area contributed by atoms with Crippen molar-refractivity contribution in [3.63, 3.8) is 0 Å². The number of ether oxygens (including phenoxy) is 1. The van der Waals surface area contributed by atoms with Crippen LogP contribution in [0.2, 0.25) is 0 Å². The standard InChI is InChI=1S/C16H25N3O2/c1-21-15-7-6-12(16(17)18)10-13(15)11-19(8-3-9-20)14-4-2-5-14/h6-7,10,14,20H,2-5,8-9,11H2,1H3,(H3,17,18). The van der Waals surface area contributed by atoms with Gasteiger partial charge in [-0.05, 0) is 37.5 Å². The molecule has 1 aliphatic carbocycles. The molecule has 4 N–H and O–H groups in total. The van der Waals surface area contributed by atoms with Crippen LogP contribution in [0.1, 0.15) is 36.8 Å². The number of aliphatic hydroxyl groups is 1. The minimum absolute atomic E-state index is 0.0736. The summed E-state index contributed by atoms with van der Waals surface area (Å²) in [7, 11) is 1.66. The number of aliphatic hydroxyl groups excluding tert-OH is 1. The molecule has 0 amide bonds. The lowest BCUT2D eigenvalue weighted by Crippen LogP contribution is -2.40. The van der Waals surface area contributed by atoms with Gasteiger partial charge < -0.3 is 15.6 Å². The molecule has 2 rings (SSSR count). The lowest BCUT2D eigenvalue weighted by atomic mass is 9.91. The van der Waals surface area contributed by atoms with E-state index in [0.29, 0.717) is 6.04 Å². The summed E-state index contributed by atoms with van der Waals surface area (Å²) in [6.07, 6.45) is 4.51. The van der Waals surface area contributed by atoms with Gasteiger partial charge in [0.15, 0.2) is 0 Å². The van der Waals surface area contributed by atoms with Crippen LogP contribution in [0.3, 0.4) is 0 Å². The number of nitrogens with one attached hydrogen (secondary N) is 1. The van der Waals surface area contributed by atoms with Crippen molar-refractivity contribution in [1.29, 1.82) is 5.41 Å². The quantitative estimate of drug-likeness (QED) is 0.503. The van der Waals surface area contributed by atoms with E-state index in [0.717, 1.165) is 36.4 Å². The van der Waals surface area contributed by atoms with Gasteiger partial charge in [-0.25, -0.2) is 0 Å². The van der Waals surface area contributed by atoms with Crippen molar-refractivity contribution in [2.24, 2.45) is 5.73 Å². The Morgan fingerprint density at radius 3 is 2.76 bits per heavy atom. The van der Waals surface area contributed by atoms with Gasteiger partial charge in [0.1, 0.15) is 11.6 Å². The first-order chi connectivity index (χ1) is 10.2. The van der Waals surface area contributed by atoms with E-state index < -0.39 is 0 Å². The molecule has 0 spiro atoms. The number of nitrogen functional groups attached to an aromatic ring is 1. The van der Waals surface area contributed by atoms with Crippen LogP contribution < -0.4 is 10.5 Å². The summed E-state index contributed by atoms with van der Waals surface area (Å²) in [6.45, 7) is 1.87. The number of nitrogens with two attached hydrogens (primary N) is 1. The fraction of sp³-hybridized carbons (Fsp3) is 0.562. The average Bonchev–Trinajstić information content (AvgIpc) is 2.42. The number of hydrogen-bond acceptors (Lipinski definition) is 4. The third-order valence-electron chi connectivity index (χ3n) is 4.16. The molecule has 0 aromatic heterocycles. The van der Waals surface area contributed by atoms with Crippen molar-refractivity contribution in [2.45, 2.75) is 38.3 Å². The summed E-state index contributed by atoms with van der Waals surface area (Å²) in [5, 5.41) is 16.7. The van der Waals surface area contributed by atoms with Crippen molar-refractivity contribution >= 4 is 5.84 Å². The number of nitrogens with zero attached hydrogens (tertiary/aromatic N) is 1. The molecule has 0 aliphatic heterocycles. The molecule has 1 aliphatic rings. The molecule has 0 heterocycles. The lowest BCUT2D eigenvalue weighted by molar-refractivity contribution is 0.108. The van der Waals surface area contributed by atoms with Crippen molar-refractivity contribution < 1.29 is 9.84 Å². The maximum Gasteiger partial charge on any atom is 0.123 e. The van der Waals surface area contributed by atoms with E-state index in [2.05, 4.69) is 4.90 Å². The monoisotopic (exact) mass is 291 g/mol. The van der Waals surface area contributed by atoms with Crippen molar-refractivity contribution in [2.75, 3.05) is 20.3 Å². The summed E-state index contributed by atoms with van der Waals surface area (Å²) in [5.41, 5.74) is 7.35. The molecule has 21 heavy (non-hydrogen) atoms. The minimum atomic E-state index is 0.0736. The normalized spacial score (nSPS) is 15.0. The van der Waals surface area contributed by atoms with Crippen LogP contribution >= 0.6 is 0 Å². The third kappa shape index (κ3) is 3.95. The molecule has 1 aromatic rings. The highest BCUT2D eigenvalue weighted by Gasteiger charge is 2.25. The summed E-state index contributed by atoms with van der Waals surface area (Å²) < 4.78 is 5.43. The Balaban J connectivity index is 2.17. The average molecular weight is 291 g/mol. The van der Waals surface area contributed by atoms with Crippen LogP contribution in [0, 0.1) is 5.41 Å². The number of rotatable bonds is 8. The van der Waals surface area contributed by atoms with Crippen LogP contribution in [-0.4, -0.2) is 42.1 Å². The first-order valence-corrected chi connectivity index (χ1v) is 7.52. The zero-order chi connectivity index (χ0) is 15.2. The number of hydrogen-bond donors (Lipinski definition) is 3. The van der Waals surface area contributed by atoms with Gasteiger partial charge in [-0.3, -0.25) is 10.3 Å². The topological polar surface area (TPSA) is 82.6 Å². The van der Waals surface area contributed by atoms with Gasteiger partial charge in [0.05, 0.1) is 7.11 Å². The Kier molecular flexibility index (Phi) is 5.59. The number of benzene rings is 1. The van der Waals surface area contributed by atoms with Crippen LogP contribution in [0.5, 0.6) is 5.75 Å². The Labute approximate surface area is 126 Å². The third-order valence-corrected chi connectivity index (χ3v) is 4.16. The van der Waals surface area contributed by atoms with E-state index in [1.807, 2.05) is 18.2 Å². The van der Waals surface area contributed by atoms with E-state index in [1.54, 1.807) is 7.11 Å². The molecule has 5 heteroatoms. The van der Waals surface area contributed by atoms with Crippen LogP contribution in [0.15, 0.2) is 18.2 Å². The van der Waals surface area contributed by atoms with Crippen molar-refractivity contribution in [3.05, 3.63) is 29.3 Å². The van der Waals surface area contributed by atoms with Gasteiger partial charge in [0.25, 0.3) is 0 Å². The van der Waals surface area contributed by atoms with Gasteiger partial charge in [-0.15, -0.1) is 0 Å². The zero-order valence-corrected chi connectivity index (χ0v) is 12.6. The first kappa shape index (κ1) is 15.8. The lowest BCUT2D eigenvalue weighted by Gasteiger charge is -2.38. The molecule has 116 valence electrons. The highest BCUT2D eigenvalue weighted by atomic mass is 16.5. The van der Waals surface area contributed by atoms with Gasteiger partial charge in [0.2, 0.25) is 0 Å². The molecule has 0 atom stereocenters. The van der Waals surface area contributed by atoms with Crippen molar-refractivity contribution in [1.82, 2.24) is 4.90 Å². The molecule has 0 unspecified atom stereocenters. The fourth-order valence-corrected chi connectivity index (χ4v) is 2.70. The van der Waals surface area contributed by atoms with E-state index >= 15 is 0 Å². The predicted octanol–water partition coefficient (Wildman–Crippen LogP) is 1.72. The Morgan fingerprint density at radius 2 is 2.24 bits per heavy atom. The molecular formula is C16H25N3O2. The van der Waals surface area contributed by atoms with E-state index in [-0.39, 0.29) is 12.4 Å². The molecule has 0 radical (unpaired) electrons. The fourth-order valence-electron chi connectivity index (χ4n) is 2.70. The zero-order valence-electron chi connectivity index (χ0n) is 12.6.